The van der Waals surface area contributed by atoms with Crippen molar-refractivity contribution in [1.29, 1.82) is 0 Å². The van der Waals surface area contributed by atoms with Crippen molar-refractivity contribution < 1.29 is 39.0 Å². The van der Waals surface area contributed by atoms with E-state index in [0.29, 0.717) is 12.2 Å². The average Bonchev–Trinajstić information content (AvgIpc) is 2.74. The highest BCUT2D eigenvalue weighted by molar-refractivity contribution is 5.89. The van der Waals surface area contributed by atoms with Gasteiger partial charge in [-0.1, -0.05) is 60.7 Å². The quantitative estimate of drug-likeness (QED) is 0.309. The van der Waals surface area contributed by atoms with Crippen LogP contribution in [0.4, 0.5) is 0 Å². The Morgan fingerprint density at radius 3 is 1.18 bits per heavy atom. The lowest BCUT2D eigenvalue weighted by molar-refractivity contribution is -0.903. The minimum Gasteiger partial charge on any atom is -0.478 e. The molecule has 0 heterocycles. The van der Waals surface area contributed by atoms with E-state index in [-0.39, 0.29) is 13.2 Å². The molecule has 2 aromatic rings. The molecule has 0 saturated carbocycles. The van der Waals surface area contributed by atoms with Crippen LogP contribution in [0.15, 0.2) is 72.8 Å². The van der Waals surface area contributed by atoms with Crippen LogP contribution in [0, 0.1) is 0 Å². The van der Waals surface area contributed by atoms with E-state index >= 15 is 0 Å². The van der Waals surface area contributed by atoms with Gasteiger partial charge in [-0.3, -0.25) is 0 Å². The molecule has 0 spiro atoms. The summed E-state index contributed by atoms with van der Waals surface area (Å²) in [4.78, 5) is 19.1. The summed E-state index contributed by atoms with van der Waals surface area (Å²) >= 11 is 0. The highest BCUT2D eigenvalue weighted by Crippen LogP contribution is 2.08. The van der Waals surface area contributed by atoms with Crippen LogP contribution in [0.5, 0.6) is 0 Å². The van der Waals surface area contributed by atoms with Crippen LogP contribution in [-0.2, 0) is 22.7 Å². The van der Waals surface area contributed by atoms with Crippen molar-refractivity contribution in [3.63, 3.8) is 0 Å². The van der Waals surface area contributed by atoms with Gasteiger partial charge in [0.2, 0.25) is 0 Å². The number of aliphatic carboxylic acids is 2. The zero-order valence-electron chi connectivity index (χ0n) is 20.7. The summed E-state index contributed by atoms with van der Waals surface area (Å²) < 4.78 is 1.67. The zero-order chi connectivity index (χ0) is 26.0. The maximum Gasteiger partial charge on any atom is 0.328 e. The molecule has 8 heteroatoms. The molecule has 2 aromatic carbocycles. The lowest BCUT2D eigenvalue weighted by Gasteiger charge is -2.28. The third kappa shape index (κ3) is 17.5. The standard InChI is InChI=1S/2C11H18NO.C4H4O4/c2*1-12(2,8-9-13)10-11-6-4-3-5-7-11;5-3(6)1-2-4(7)8/h2*3-7,13H,8-10H2,1-2H3;1-2H,(H,5,6)(H,7,8)/q2*+1;/b;;2-1-. The van der Waals surface area contributed by atoms with Crippen LogP contribution in [0.1, 0.15) is 11.1 Å². The van der Waals surface area contributed by atoms with E-state index in [1.54, 1.807) is 0 Å². The molecule has 0 unspecified atom stereocenters. The highest BCUT2D eigenvalue weighted by atomic mass is 16.4. The second-order valence-corrected chi connectivity index (χ2v) is 9.06. The van der Waals surface area contributed by atoms with Crippen LogP contribution in [0.3, 0.4) is 0 Å². The molecule has 0 aliphatic carbocycles. The Hall–Kier alpha value is -3.04. The number of aliphatic hydroxyl groups excluding tert-OH is 2. The second kappa shape index (κ2) is 16.6. The minimum atomic E-state index is -1.26. The first kappa shape index (κ1) is 31.0. The maximum atomic E-state index is 9.55. The molecule has 0 saturated heterocycles. The first-order valence-corrected chi connectivity index (χ1v) is 11.0. The number of aliphatic hydroxyl groups is 2. The van der Waals surface area contributed by atoms with Crippen molar-refractivity contribution in [3.05, 3.63) is 83.9 Å². The molecule has 0 bridgehead atoms. The molecule has 0 atom stereocenters. The first-order chi connectivity index (χ1) is 15.9. The van der Waals surface area contributed by atoms with Crippen LogP contribution >= 0.6 is 0 Å². The summed E-state index contributed by atoms with van der Waals surface area (Å²) in [6.07, 6.45) is 1.12. The monoisotopic (exact) mass is 476 g/mol. The van der Waals surface area contributed by atoms with Gasteiger partial charge in [0, 0.05) is 23.3 Å². The Labute approximate surface area is 202 Å². The Balaban J connectivity index is 0.000000497. The predicted octanol–water partition coefficient (Wildman–Crippen LogP) is 2.22. The lowest BCUT2D eigenvalue weighted by atomic mass is 10.2. The fraction of sp³-hybridized carbons (Fsp3) is 0.385. The fourth-order valence-electron chi connectivity index (χ4n) is 3.00. The number of likely N-dealkylation sites (N-methyl/N-ethyl adjacent to an activating group) is 2. The number of benzene rings is 2. The Morgan fingerprint density at radius 2 is 0.941 bits per heavy atom. The fourth-order valence-corrected chi connectivity index (χ4v) is 3.00. The Kier molecular flexibility index (Phi) is 15.1. The summed E-state index contributed by atoms with van der Waals surface area (Å²) in [5.41, 5.74) is 2.64. The van der Waals surface area contributed by atoms with E-state index in [4.69, 9.17) is 20.4 Å². The predicted molar refractivity (Wildman–Crippen MR) is 133 cm³/mol. The third-order valence-electron chi connectivity index (χ3n) is 4.69. The molecule has 0 aromatic heterocycles. The third-order valence-corrected chi connectivity index (χ3v) is 4.69. The number of rotatable bonds is 10. The molecule has 0 amide bonds. The van der Waals surface area contributed by atoms with Crippen molar-refractivity contribution in [2.45, 2.75) is 13.1 Å². The van der Waals surface area contributed by atoms with Gasteiger partial charge in [0.15, 0.2) is 0 Å². The molecule has 0 fully saturated rings. The van der Waals surface area contributed by atoms with Gasteiger partial charge in [-0.25, -0.2) is 9.59 Å². The minimum absolute atomic E-state index is 0.250. The van der Waals surface area contributed by atoms with E-state index in [1.807, 2.05) is 36.4 Å². The molecular weight excluding hydrogens is 436 g/mol. The van der Waals surface area contributed by atoms with Crippen molar-refractivity contribution in [2.24, 2.45) is 0 Å². The SMILES string of the molecule is C[N+](C)(CCO)Cc1ccccc1.C[N+](C)(CCO)Cc1ccccc1.O=C(O)/C=C\C(=O)O. The summed E-state index contributed by atoms with van der Waals surface area (Å²) in [6, 6.07) is 20.7. The number of carbonyl (C=O) groups is 2. The number of carboxylic acids is 2. The van der Waals surface area contributed by atoms with Crippen molar-refractivity contribution >= 4 is 11.9 Å². The number of carboxylic acid groups (broad SMARTS) is 2. The first-order valence-electron chi connectivity index (χ1n) is 11.0. The maximum absolute atomic E-state index is 9.55. The van der Waals surface area contributed by atoms with Gasteiger partial charge in [-0.05, 0) is 0 Å². The van der Waals surface area contributed by atoms with Gasteiger partial charge < -0.3 is 29.4 Å². The molecule has 2 rings (SSSR count). The van der Waals surface area contributed by atoms with Gasteiger partial charge >= 0.3 is 11.9 Å². The normalized spacial score (nSPS) is 11.1. The van der Waals surface area contributed by atoms with Gasteiger partial charge in [0.25, 0.3) is 0 Å². The van der Waals surface area contributed by atoms with E-state index in [9.17, 15) is 9.59 Å². The molecule has 0 radical (unpaired) electrons. The van der Waals surface area contributed by atoms with Crippen LogP contribution in [0.25, 0.3) is 0 Å². The largest absolute Gasteiger partial charge is 0.478 e. The van der Waals surface area contributed by atoms with Gasteiger partial charge in [-0.15, -0.1) is 0 Å². The molecule has 188 valence electrons. The number of nitrogens with zero attached hydrogens (tertiary/aromatic N) is 2. The van der Waals surface area contributed by atoms with E-state index in [1.165, 1.54) is 11.1 Å². The topological polar surface area (TPSA) is 115 Å². The highest BCUT2D eigenvalue weighted by Gasteiger charge is 2.14. The van der Waals surface area contributed by atoms with Crippen molar-refractivity contribution in [1.82, 2.24) is 0 Å². The van der Waals surface area contributed by atoms with Crippen LogP contribution in [-0.4, -0.2) is 95.8 Å². The van der Waals surface area contributed by atoms with E-state index in [0.717, 1.165) is 35.1 Å². The Bertz CT molecular complexity index is 781. The zero-order valence-corrected chi connectivity index (χ0v) is 20.7. The number of hydrogen-bond donors (Lipinski definition) is 4. The number of hydrogen-bond acceptors (Lipinski definition) is 4. The van der Waals surface area contributed by atoms with Crippen molar-refractivity contribution in [2.75, 3.05) is 54.5 Å². The summed E-state index contributed by atoms with van der Waals surface area (Å²) in [6.45, 7) is 4.05. The van der Waals surface area contributed by atoms with E-state index < -0.39 is 11.9 Å². The lowest BCUT2D eigenvalue weighted by Crippen LogP contribution is -2.41. The molecule has 8 nitrogen and oxygen atoms in total. The molecule has 34 heavy (non-hydrogen) atoms. The van der Waals surface area contributed by atoms with Crippen LogP contribution in [0.2, 0.25) is 0 Å². The summed E-state index contributed by atoms with van der Waals surface area (Å²) in [7, 11) is 8.51. The average molecular weight is 477 g/mol. The van der Waals surface area contributed by atoms with Gasteiger partial charge in [-0.2, -0.15) is 0 Å². The van der Waals surface area contributed by atoms with Crippen LogP contribution < -0.4 is 0 Å². The van der Waals surface area contributed by atoms with Gasteiger partial charge in [0.1, 0.15) is 26.2 Å². The molecule has 0 aliphatic rings. The summed E-state index contributed by atoms with van der Waals surface area (Å²) in [5, 5.41) is 33.4. The molecule has 0 aliphatic heterocycles. The Morgan fingerprint density at radius 1 is 0.647 bits per heavy atom. The number of quaternary nitrogens is 2. The summed E-state index contributed by atoms with van der Waals surface area (Å²) in [5.74, 6) is -2.51. The smallest absolute Gasteiger partial charge is 0.328 e. The van der Waals surface area contributed by atoms with E-state index in [2.05, 4.69) is 52.5 Å². The van der Waals surface area contributed by atoms with Crippen molar-refractivity contribution in [3.8, 4) is 0 Å². The second-order valence-electron chi connectivity index (χ2n) is 9.06. The van der Waals surface area contributed by atoms with Gasteiger partial charge in [0.05, 0.1) is 41.4 Å². The molecular formula is C26H40N2O6+2. The molecule has 4 N–H and O–H groups in total.